The number of aliphatic hydroxyl groups is 1. The third kappa shape index (κ3) is 4.33. The molecule has 2 aromatic heterocycles. The minimum atomic E-state index is -0.436. The molecule has 3 N–H and O–H groups in total. The third-order valence-corrected chi connectivity index (χ3v) is 5.35. The maximum absolute atomic E-state index is 13.0. The molecule has 1 fully saturated rings. The summed E-state index contributed by atoms with van der Waals surface area (Å²) in [5.74, 6) is 0.693. The van der Waals surface area contributed by atoms with Crippen molar-refractivity contribution in [1.82, 2.24) is 9.97 Å². The second-order valence-corrected chi connectivity index (χ2v) is 7.41. The lowest BCUT2D eigenvalue weighted by Crippen LogP contribution is -2.40. The van der Waals surface area contributed by atoms with Gasteiger partial charge in [0.05, 0.1) is 30.5 Å². The van der Waals surface area contributed by atoms with Gasteiger partial charge < -0.3 is 15.2 Å². The molecule has 1 saturated heterocycles. The molecular formula is C21H22N6O4. The number of hydrogen-bond acceptors (Lipinski definition) is 8. The van der Waals surface area contributed by atoms with Gasteiger partial charge in [0.25, 0.3) is 0 Å². The first-order valence-electron chi connectivity index (χ1n) is 10.0. The standard InChI is InChI=1S/C21H22N6O4/c22-8-15-9-23-19(7-17(15)24-16-3-5-31-12-16)26-21(30)27-4-1-2-13-6-14(10-28)18(11-29)25-20(13)27/h6-7,9,11,16,28H,1-5,10,12H2,(H2,23,24,26,30). The Balaban J connectivity index is 1.56. The summed E-state index contributed by atoms with van der Waals surface area (Å²) >= 11 is 0. The molecule has 160 valence electrons. The van der Waals surface area contributed by atoms with Crippen LogP contribution in [0.5, 0.6) is 0 Å². The zero-order chi connectivity index (χ0) is 21.8. The Bertz CT molecular complexity index is 1040. The zero-order valence-electron chi connectivity index (χ0n) is 16.8. The topological polar surface area (TPSA) is 140 Å². The van der Waals surface area contributed by atoms with Crippen LogP contribution in [0, 0.1) is 11.3 Å². The SMILES string of the molecule is N#Cc1cnc(NC(=O)N2CCCc3cc(CO)c(C=O)nc32)cc1NC1CCOC1. The number of aromatic nitrogens is 2. The number of carbonyl (C=O) groups excluding carboxylic acids is 2. The van der Waals surface area contributed by atoms with Gasteiger partial charge in [-0.3, -0.25) is 15.0 Å². The molecule has 1 atom stereocenters. The third-order valence-electron chi connectivity index (χ3n) is 5.35. The van der Waals surface area contributed by atoms with Crippen molar-refractivity contribution in [3.8, 4) is 6.07 Å². The number of aldehydes is 1. The Hall–Kier alpha value is -3.55. The minimum absolute atomic E-state index is 0.0960. The predicted molar refractivity (Wildman–Crippen MR) is 112 cm³/mol. The van der Waals surface area contributed by atoms with Gasteiger partial charge >= 0.3 is 6.03 Å². The Morgan fingerprint density at radius 3 is 3.03 bits per heavy atom. The Kier molecular flexibility index (Phi) is 6.06. The summed E-state index contributed by atoms with van der Waals surface area (Å²) in [5, 5.41) is 24.8. The van der Waals surface area contributed by atoms with Crippen molar-refractivity contribution in [3.05, 3.63) is 40.7 Å². The van der Waals surface area contributed by atoms with E-state index >= 15 is 0 Å². The number of rotatable bonds is 5. The number of nitriles is 1. The summed E-state index contributed by atoms with van der Waals surface area (Å²) in [6.45, 7) is 1.36. The van der Waals surface area contributed by atoms with E-state index < -0.39 is 6.03 Å². The molecule has 0 bridgehead atoms. The van der Waals surface area contributed by atoms with Crippen molar-refractivity contribution in [3.63, 3.8) is 0 Å². The summed E-state index contributed by atoms with van der Waals surface area (Å²) in [6, 6.07) is 5.10. The number of anilines is 3. The van der Waals surface area contributed by atoms with E-state index in [1.165, 1.54) is 11.1 Å². The normalized spacial score (nSPS) is 17.5. The van der Waals surface area contributed by atoms with Crippen molar-refractivity contribution in [2.24, 2.45) is 0 Å². The molecule has 0 radical (unpaired) electrons. The summed E-state index contributed by atoms with van der Waals surface area (Å²) in [6.07, 6.45) is 4.24. The van der Waals surface area contributed by atoms with Gasteiger partial charge in [0.2, 0.25) is 0 Å². The first-order chi connectivity index (χ1) is 15.1. The first-order valence-corrected chi connectivity index (χ1v) is 10.0. The van der Waals surface area contributed by atoms with Crippen LogP contribution in [0.3, 0.4) is 0 Å². The lowest BCUT2D eigenvalue weighted by Gasteiger charge is -2.29. The smallest absolute Gasteiger partial charge is 0.328 e. The fourth-order valence-electron chi connectivity index (χ4n) is 3.76. The number of carbonyl (C=O) groups is 2. The number of nitrogens with zero attached hydrogens (tertiary/aromatic N) is 4. The molecule has 0 spiro atoms. The van der Waals surface area contributed by atoms with Crippen LogP contribution in [-0.4, -0.2) is 53.2 Å². The Morgan fingerprint density at radius 2 is 2.32 bits per heavy atom. The number of urea groups is 1. The van der Waals surface area contributed by atoms with Crippen molar-refractivity contribution < 1.29 is 19.4 Å². The second kappa shape index (κ2) is 9.07. The first kappa shape index (κ1) is 20.7. The van der Waals surface area contributed by atoms with Gasteiger partial charge in [-0.1, -0.05) is 0 Å². The van der Waals surface area contributed by atoms with E-state index in [1.807, 2.05) is 0 Å². The van der Waals surface area contributed by atoms with Crippen LogP contribution < -0.4 is 15.5 Å². The maximum atomic E-state index is 13.0. The largest absolute Gasteiger partial charge is 0.392 e. The summed E-state index contributed by atoms with van der Waals surface area (Å²) in [7, 11) is 0. The van der Waals surface area contributed by atoms with Crippen LogP contribution in [0.25, 0.3) is 0 Å². The van der Waals surface area contributed by atoms with Crippen LogP contribution in [0.4, 0.5) is 22.1 Å². The van der Waals surface area contributed by atoms with Crippen LogP contribution in [-0.2, 0) is 17.8 Å². The summed E-state index contributed by atoms with van der Waals surface area (Å²) in [4.78, 5) is 34.3. The number of fused-ring (bicyclic) bond motifs is 1. The number of ether oxygens (including phenoxy) is 1. The molecule has 4 rings (SSSR count). The van der Waals surface area contributed by atoms with Gasteiger partial charge in [-0.05, 0) is 30.9 Å². The average Bonchev–Trinajstić information content (AvgIpc) is 3.31. The number of nitrogens with one attached hydrogen (secondary N) is 2. The van der Waals surface area contributed by atoms with Crippen molar-refractivity contribution >= 4 is 29.6 Å². The molecule has 2 aromatic rings. The number of aryl methyl sites for hydroxylation is 1. The molecule has 1 unspecified atom stereocenters. The van der Waals surface area contributed by atoms with Gasteiger partial charge in [0.1, 0.15) is 23.4 Å². The molecule has 0 aliphatic carbocycles. The predicted octanol–water partition coefficient (Wildman–Crippen LogP) is 1.84. The highest BCUT2D eigenvalue weighted by Crippen LogP contribution is 2.28. The molecule has 2 amide bonds. The molecule has 10 nitrogen and oxygen atoms in total. The fourth-order valence-corrected chi connectivity index (χ4v) is 3.76. The Morgan fingerprint density at radius 1 is 1.45 bits per heavy atom. The van der Waals surface area contributed by atoms with Gasteiger partial charge in [-0.15, -0.1) is 0 Å². The van der Waals surface area contributed by atoms with Gasteiger partial charge in [0.15, 0.2) is 6.29 Å². The zero-order valence-corrected chi connectivity index (χ0v) is 16.8. The molecule has 4 heterocycles. The quantitative estimate of drug-likeness (QED) is 0.620. The number of aliphatic hydroxyl groups excluding tert-OH is 1. The van der Waals surface area contributed by atoms with Gasteiger partial charge in [-0.25, -0.2) is 14.8 Å². The van der Waals surface area contributed by atoms with Crippen LogP contribution in [0.15, 0.2) is 18.3 Å². The van der Waals surface area contributed by atoms with E-state index in [-0.39, 0.29) is 18.3 Å². The molecule has 0 aromatic carbocycles. The van der Waals surface area contributed by atoms with Crippen molar-refractivity contribution in [2.75, 3.05) is 35.3 Å². The second-order valence-electron chi connectivity index (χ2n) is 7.41. The molecular weight excluding hydrogens is 400 g/mol. The van der Waals surface area contributed by atoms with Crippen LogP contribution in [0.1, 0.15) is 40.0 Å². The van der Waals surface area contributed by atoms with Crippen molar-refractivity contribution in [1.29, 1.82) is 5.26 Å². The van der Waals surface area contributed by atoms with Crippen LogP contribution >= 0.6 is 0 Å². The van der Waals surface area contributed by atoms with E-state index in [0.717, 1.165) is 18.4 Å². The van der Waals surface area contributed by atoms with E-state index in [0.29, 0.717) is 60.9 Å². The molecule has 10 heteroatoms. The van der Waals surface area contributed by atoms with Gasteiger partial charge in [-0.2, -0.15) is 5.26 Å². The summed E-state index contributed by atoms with van der Waals surface area (Å²) in [5.41, 5.74) is 2.31. The molecule has 0 saturated carbocycles. The van der Waals surface area contributed by atoms with E-state index in [2.05, 4.69) is 26.7 Å². The van der Waals surface area contributed by atoms with Gasteiger partial charge in [0, 0.05) is 31.0 Å². The lowest BCUT2D eigenvalue weighted by atomic mass is 10.0. The molecule has 2 aliphatic heterocycles. The highest BCUT2D eigenvalue weighted by Gasteiger charge is 2.26. The monoisotopic (exact) mass is 422 g/mol. The number of hydrogen-bond donors (Lipinski definition) is 3. The van der Waals surface area contributed by atoms with E-state index in [9.17, 15) is 20.0 Å². The molecule has 31 heavy (non-hydrogen) atoms. The van der Waals surface area contributed by atoms with E-state index in [4.69, 9.17) is 4.74 Å². The Labute approximate surface area is 178 Å². The van der Waals surface area contributed by atoms with Crippen LogP contribution in [0.2, 0.25) is 0 Å². The fraction of sp³-hybridized carbons (Fsp3) is 0.381. The lowest BCUT2D eigenvalue weighted by molar-refractivity contribution is 0.111. The number of amides is 2. The summed E-state index contributed by atoms with van der Waals surface area (Å²) < 4.78 is 5.36. The highest BCUT2D eigenvalue weighted by atomic mass is 16.5. The number of pyridine rings is 2. The van der Waals surface area contributed by atoms with Crippen molar-refractivity contribution in [2.45, 2.75) is 31.9 Å². The molecule has 2 aliphatic rings. The highest BCUT2D eigenvalue weighted by molar-refractivity contribution is 6.01. The van der Waals surface area contributed by atoms with E-state index in [1.54, 1.807) is 12.1 Å². The average molecular weight is 422 g/mol. The minimum Gasteiger partial charge on any atom is -0.392 e. The maximum Gasteiger partial charge on any atom is 0.328 e.